The summed E-state index contributed by atoms with van der Waals surface area (Å²) >= 11 is 18.0. The molecule has 0 amide bonds. The van der Waals surface area contributed by atoms with Gasteiger partial charge in [0.15, 0.2) is 11.5 Å². The number of hydrogen-bond acceptors (Lipinski definition) is 4. The molecule has 25 heavy (non-hydrogen) atoms. The van der Waals surface area contributed by atoms with Gasteiger partial charge >= 0.3 is 0 Å². The molecule has 3 aromatic carbocycles. The summed E-state index contributed by atoms with van der Waals surface area (Å²) in [7, 11) is 0. The summed E-state index contributed by atoms with van der Waals surface area (Å²) in [6.07, 6.45) is 0. The summed E-state index contributed by atoms with van der Waals surface area (Å²) in [4.78, 5) is 11.8. The number of Topliss-reactive ketones (excluding diaryl/α,β-unsaturated/α-hetero) is 1. The van der Waals surface area contributed by atoms with E-state index >= 15 is 0 Å². The third kappa shape index (κ3) is 3.47. The van der Waals surface area contributed by atoms with Crippen molar-refractivity contribution in [1.29, 1.82) is 0 Å². The van der Waals surface area contributed by atoms with E-state index in [2.05, 4.69) is 10.2 Å². The van der Waals surface area contributed by atoms with Gasteiger partial charge in [-0.1, -0.05) is 59.1 Å². The van der Waals surface area contributed by atoms with Crippen LogP contribution in [0.5, 0.6) is 5.75 Å². The first-order valence-corrected chi connectivity index (χ1v) is 8.34. The quantitative estimate of drug-likeness (QED) is 0.292. The van der Waals surface area contributed by atoms with Crippen molar-refractivity contribution in [2.24, 2.45) is 10.2 Å². The van der Waals surface area contributed by atoms with Gasteiger partial charge in [-0.2, -0.15) is 0 Å². The number of azo groups is 1. The number of phenolic OH excluding ortho intramolecular Hbond substituents is 1. The predicted octanol–water partition coefficient (Wildman–Crippen LogP) is 7.12. The molecular weight excluding hydrogens is 383 g/mol. The molecule has 0 unspecified atom stereocenters. The summed E-state index contributed by atoms with van der Waals surface area (Å²) in [5.41, 5.74) is 0.658. The average molecular weight is 394 g/mol. The molecule has 0 saturated heterocycles. The number of carbonyl (C=O) groups excluding carboxylic acids is 1. The number of ketones is 1. The predicted molar refractivity (Wildman–Crippen MR) is 101 cm³/mol. The monoisotopic (exact) mass is 392 g/mol. The van der Waals surface area contributed by atoms with Gasteiger partial charge in [0.25, 0.3) is 0 Å². The second kappa shape index (κ2) is 7.00. The molecule has 0 aliphatic heterocycles. The van der Waals surface area contributed by atoms with Gasteiger partial charge in [-0.25, -0.2) is 0 Å². The van der Waals surface area contributed by atoms with Crippen LogP contribution in [0.4, 0.5) is 11.4 Å². The average Bonchev–Trinajstić information content (AvgIpc) is 2.57. The largest absolute Gasteiger partial charge is 0.505 e. The fraction of sp³-hybridized carbons (Fsp3) is 0.0556. The van der Waals surface area contributed by atoms with Crippen molar-refractivity contribution in [2.45, 2.75) is 6.92 Å². The van der Waals surface area contributed by atoms with E-state index in [9.17, 15) is 9.90 Å². The van der Waals surface area contributed by atoms with Gasteiger partial charge in [-0.3, -0.25) is 4.79 Å². The molecule has 7 heteroatoms. The molecule has 126 valence electrons. The number of rotatable bonds is 3. The van der Waals surface area contributed by atoms with Gasteiger partial charge in [0, 0.05) is 5.39 Å². The van der Waals surface area contributed by atoms with Gasteiger partial charge < -0.3 is 5.11 Å². The third-order valence-corrected chi connectivity index (χ3v) is 4.65. The summed E-state index contributed by atoms with van der Waals surface area (Å²) in [6, 6.07) is 11.8. The van der Waals surface area contributed by atoms with Crippen LogP contribution in [0, 0.1) is 0 Å². The zero-order valence-electron chi connectivity index (χ0n) is 12.9. The molecule has 0 heterocycles. The van der Waals surface area contributed by atoms with Crippen LogP contribution in [-0.4, -0.2) is 10.9 Å². The number of halogens is 3. The highest BCUT2D eigenvalue weighted by Crippen LogP contribution is 2.41. The first kappa shape index (κ1) is 17.7. The van der Waals surface area contributed by atoms with Crippen LogP contribution in [0.3, 0.4) is 0 Å². The van der Waals surface area contributed by atoms with E-state index in [1.807, 2.05) is 12.1 Å². The summed E-state index contributed by atoms with van der Waals surface area (Å²) in [5, 5.41) is 20.9. The van der Waals surface area contributed by atoms with Crippen LogP contribution in [0.2, 0.25) is 15.1 Å². The first-order valence-electron chi connectivity index (χ1n) is 7.20. The Morgan fingerprint density at radius 3 is 2.36 bits per heavy atom. The standard InChI is InChI=1S/C18H11Cl3N2O2/c1-9(24)12-6-10-4-2-3-5-11(10)17(18(12)25)23-22-16-8-14(20)13(19)7-15(16)21/h2-8,25H,1H3. The van der Waals surface area contributed by atoms with Crippen LogP contribution < -0.4 is 0 Å². The SMILES string of the molecule is CC(=O)c1cc2ccccc2c(N=Nc2cc(Cl)c(Cl)cc2Cl)c1O. The van der Waals surface area contributed by atoms with E-state index in [1.165, 1.54) is 19.1 Å². The van der Waals surface area contributed by atoms with Crippen LogP contribution in [0.25, 0.3) is 10.8 Å². The van der Waals surface area contributed by atoms with Crippen molar-refractivity contribution in [3.8, 4) is 5.75 Å². The molecular formula is C18H11Cl3N2O2. The highest BCUT2D eigenvalue weighted by atomic mass is 35.5. The zero-order chi connectivity index (χ0) is 18.1. The Kier molecular flexibility index (Phi) is 4.95. The Hall–Kier alpha value is -2.14. The number of fused-ring (bicyclic) bond motifs is 1. The molecule has 0 bridgehead atoms. The lowest BCUT2D eigenvalue weighted by Crippen LogP contribution is -1.93. The molecule has 4 nitrogen and oxygen atoms in total. The Morgan fingerprint density at radius 2 is 1.64 bits per heavy atom. The minimum atomic E-state index is -0.271. The minimum absolute atomic E-state index is 0.174. The highest BCUT2D eigenvalue weighted by molar-refractivity contribution is 6.43. The number of aromatic hydroxyl groups is 1. The molecule has 0 spiro atoms. The van der Waals surface area contributed by atoms with Gasteiger partial charge in [0.1, 0.15) is 11.4 Å². The van der Waals surface area contributed by atoms with Crippen molar-refractivity contribution in [1.82, 2.24) is 0 Å². The Labute approximate surface area is 158 Å². The van der Waals surface area contributed by atoms with E-state index in [-0.39, 0.29) is 32.8 Å². The molecule has 1 N–H and O–H groups in total. The van der Waals surface area contributed by atoms with Crippen molar-refractivity contribution < 1.29 is 9.90 Å². The number of benzene rings is 3. The van der Waals surface area contributed by atoms with Gasteiger partial charge in [0.2, 0.25) is 0 Å². The van der Waals surface area contributed by atoms with Crippen LogP contribution in [0.1, 0.15) is 17.3 Å². The Balaban J connectivity index is 2.20. The maximum absolute atomic E-state index is 11.8. The van der Waals surface area contributed by atoms with Crippen molar-refractivity contribution in [2.75, 3.05) is 0 Å². The second-order valence-electron chi connectivity index (χ2n) is 5.32. The molecule has 0 atom stereocenters. The number of hydrogen-bond donors (Lipinski definition) is 1. The summed E-state index contributed by atoms with van der Waals surface area (Å²) < 4.78 is 0. The van der Waals surface area contributed by atoms with Crippen molar-refractivity contribution in [3.05, 3.63) is 63.1 Å². The summed E-state index contributed by atoms with van der Waals surface area (Å²) in [6.45, 7) is 1.38. The molecule has 0 saturated carbocycles. The highest BCUT2D eigenvalue weighted by Gasteiger charge is 2.15. The van der Waals surface area contributed by atoms with E-state index in [4.69, 9.17) is 34.8 Å². The first-order chi connectivity index (χ1) is 11.9. The maximum atomic E-state index is 11.8. The molecule has 0 aliphatic rings. The molecule has 0 aliphatic carbocycles. The van der Waals surface area contributed by atoms with Crippen LogP contribution in [-0.2, 0) is 0 Å². The van der Waals surface area contributed by atoms with E-state index < -0.39 is 0 Å². The molecule has 3 rings (SSSR count). The number of nitrogens with zero attached hydrogens (tertiary/aromatic N) is 2. The lowest BCUT2D eigenvalue weighted by Gasteiger charge is -2.08. The van der Waals surface area contributed by atoms with E-state index in [1.54, 1.807) is 18.2 Å². The minimum Gasteiger partial charge on any atom is -0.505 e. The zero-order valence-corrected chi connectivity index (χ0v) is 15.2. The van der Waals surface area contributed by atoms with Gasteiger partial charge in [0.05, 0.1) is 20.6 Å². The lowest BCUT2D eigenvalue weighted by molar-refractivity contribution is 0.101. The summed E-state index contributed by atoms with van der Waals surface area (Å²) in [5.74, 6) is -0.501. The normalized spacial score (nSPS) is 11.4. The van der Waals surface area contributed by atoms with Gasteiger partial charge in [-0.05, 0) is 30.5 Å². The molecule has 0 fully saturated rings. The fourth-order valence-corrected chi connectivity index (χ4v) is 2.96. The second-order valence-corrected chi connectivity index (χ2v) is 6.54. The maximum Gasteiger partial charge on any atom is 0.163 e. The molecule has 3 aromatic rings. The van der Waals surface area contributed by atoms with E-state index in [0.29, 0.717) is 16.1 Å². The van der Waals surface area contributed by atoms with Gasteiger partial charge in [-0.15, -0.1) is 10.2 Å². The molecule has 0 aromatic heterocycles. The smallest absolute Gasteiger partial charge is 0.163 e. The fourth-order valence-electron chi connectivity index (χ4n) is 2.38. The van der Waals surface area contributed by atoms with Crippen LogP contribution in [0.15, 0.2) is 52.7 Å². The van der Waals surface area contributed by atoms with Crippen molar-refractivity contribution >= 4 is 62.7 Å². The van der Waals surface area contributed by atoms with Crippen molar-refractivity contribution in [3.63, 3.8) is 0 Å². The molecule has 0 radical (unpaired) electrons. The number of phenols is 1. The third-order valence-electron chi connectivity index (χ3n) is 3.62. The van der Waals surface area contributed by atoms with E-state index in [0.717, 1.165) is 5.39 Å². The Morgan fingerprint density at radius 1 is 0.960 bits per heavy atom. The topological polar surface area (TPSA) is 62.0 Å². The number of carbonyl (C=O) groups is 1. The van der Waals surface area contributed by atoms with Crippen LogP contribution >= 0.6 is 34.8 Å². The Bertz CT molecular complexity index is 1030. The lowest BCUT2D eigenvalue weighted by atomic mass is 10.0.